The van der Waals surface area contributed by atoms with E-state index in [1.807, 2.05) is 30.3 Å². The zero-order valence-electron chi connectivity index (χ0n) is 16.5. The Balaban J connectivity index is 1.65. The number of methoxy groups -OCH3 is 1. The first-order valence-corrected chi connectivity index (χ1v) is 9.41. The Morgan fingerprint density at radius 1 is 0.929 bits per heavy atom. The lowest BCUT2D eigenvalue weighted by molar-refractivity contribution is 0.289. The Morgan fingerprint density at radius 3 is 2.50 bits per heavy atom. The number of benzene rings is 3. The van der Waals surface area contributed by atoms with Crippen LogP contribution in [0.25, 0.3) is 11.0 Å². The summed E-state index contributed by atoms with van der Waals surface area (Å²) in [5.41, 5.74) is 5.60. The van der Waals surface area contributed by atoms with Crippen molar-refractivity contribution in [3.63, 3.8) is 0 Å². The standard InChI is InChI=1S/C24H24N2O2/c1-17-8-9-18(2)23(14-17)28-16-24-25-21-6-4-5-7-22(21)26(24)15-19-10-12-20(27-3)13-11-19/h4-14H,15-16H2,1-3H3. The highest BCUT2D eigenvalue weighted by Gasteiger charge is 2.12. The summed E-state index contributed by atoms with van der Waals surface area (Å²) >= 11 is 0. The summed E-state index contributed by atoms with van der Waals surface area (Å²) in [5, 5.41) is 0. The van der Waals surface area contributed by atoms with Crippen molar-refractivity contribution < 1.29 is 9.47 Å². The average Bonchev–Trinajstić information content (AvgIpc) is 3.07. The Kier molecular flexibility index (Phi) is 5.02. The molecule has 4 rings (SSSR count). The monoisotopic (exact) mass is 372 g/mol. The molecule has 4 aromatic rings. The number of nitrogens with zero attached hydrogens (tertiary/aromatic N) is 2. The quantitative estimate of drug-likeness (QED) is 0.461. The predicted octanol–water partition coefficient (Wildman–Crippen LogP) is 5.29. The number of hydrogen-bond acceptors (Lipinski definition) is 3. The summed E-state index contributed by atoms with van der Waals surface area (Å²) in [6.07, 6.45) is 0. The van der Waals surface area contributed by atoms with Gasteiger partial charge in [-0.15, -0.1) is 0 Å². The van der Waals surface area contributed by atoms with Gasteiger partial charge in [0.2, 0.25) is 0 Å². The van der Waals surface area contributed by atoms with Gasteiger partial charge in [0.1, 0.15) is 23.9 Å². The molecule has 0 unspecified atom stereocenters. The summed E-state index contributed by atoms with van der Waals surface area (Å²) in [4.78, 5) is 4.82. The minimum Gasteiger partial charge on any atom is -0.497 e. The number of aromatic nitrogens is 2. The summed E-state index contributed by atoms with van der Waals surface area (Å²) in [6.45, 7) is 5.30. The van der Waals surface area contributed by atoms with E-state index < -0.39 is 0 Å². The molecular formula is C24H24N2O2. The molecule has 0 saturated heterocycles. The summed E-state index contributed by atoms with van der Waals surface area (Å²) in [6, 6.07) is 22.6. The number of hydrogen-bond donors (Lipinski definition) is 0. The molecule has 0 radical (unpaired) electrons. The fraction of sp³-hybridized carbons (Fsp3) is 0.208. The van der Waals surface area contributed by atoms with Crippen molar-refractivity contribution in [2.45, 2.75) is 27.0 Å². The molecule has 0 amide bonds. The molecule has 0 aliphatic heterocycles. The van der Waals surface area contributed by atoms with Gasteiger partial charge < -0.3 is 14.0 Å². The maximum atomic E-state index is 6.14. The van der Waals surface area contributed by atoms with Crippen LogP contribution in [0.3, 0.4) is 0 Å². The van der Waals surface area contributed by atoms with Crippen LogP contribution in [0.15, 0.2) is 66.7 Å². The molecule has 4 nitrogen and oxygen atoms in total. The normalized spacial score (nSPS) is 11.0. The lowest BCUT2D eigenvalue weighted by Gasteiger charge is -2.13. The summed E-state index contributed by atoms with van der Waals surface area (Å²) in [7, 11) is 1.68. The Labute approximate surface area is 165 Å². The molecule has 142 valence electrons. The van der Waals surface area contributed by atoms with Gasteiger partial charge >= 0.3 is 0 Å². The first-order valence-electron chi connectivity index (χ1n) is 9.41. The van der Waals surface area contributed by atoms with Crippen molar-refractivity contribution in [2.24, 2.45) is 0 Å². The van der Waals surface area contributed by atoms with Crippen molar-refractivity contribution in [1.82, 2.24) is 9.55 Å². The minimum absolute atomic E-state index is 0.426. The molecule has 0 saturated carbocycles. The third-order valence-corrected chi connectivity index (χ3v) is 4.93. The second-order valence-electron chi connectivity index (χ2n) is 7.01. The molecular weight excluding hydrogens is 348 g/mol. The second kappa shape index (κ2) is 7.77. The number of fused-ring (bicyclic) bond motifs is 1. The SMILES string of the molecule is COc1ccc(Cn2c(COc3cc(C)ccc3C)nc3ccccc32)cc1. The molecule has 1 aromatic heterocycles. The van der Waals surface area contributed by atoms with Gasteiger partial charge in [-0.1, -0.05) is 36.4 Å². The van der Waals surface area contributed by atoms with E-state index in [9.17, 15) is 0 Å². The average molecular weight is 372 g/mol. The Morgan fingerprint density at radius 2 is 1.71 bits per heavy atom. The number of imidazole rings is 1. The lowest BCUT2D eigenvalue weighted by atomic mass is 10.1. The summed E-state index contributed by atoms with van der Waals surface area (Å²) in [5.74, 6) is 2.68. The third kappa shape index (κ3) is 3.72. The van der Waals surface area contributed by atoms with E-state index in [-0.39, 0.29) is 0 Å². The van der Waals surface area contributed by atoms with Crippen LogP contribution in [0.1, 0.15) is 22.5 Å². The van der Waals surface area contributed by atoms with Crippen LogP contribution in [0.2, 0.25) is 0 Å². The molecule has 4 heteroatoms. The highest BCUT2D eigenvalue weighted by atomic mass is 16.5. The molecule has 1 heterocycles. The number of aryl methyl sites for hydroxylation is 2. The van der Waals surface area contributed by atoms with E-state index in [0.29, 0.717) is 6.61 Å². The molecule has 0 bridgehead atoms. The van der Waals surface area contributed by atoms with Gasteiger partial charge in [-0.2, -0.15) is 0 Å². The van der Waals surface area contributed by atoms with Crippen molar-refractivity contribution in [2.75, 3.05) is 7.11 Å². The van der Waals surface area contributed by atoms with Crippen LogP contribution >= 0.6 is 0 Å². The van der Waals surface area contributed by atoms with Gasteiger partial charge in [-0.05, 0) is 60.9 Å². The van der Waals surface area contributed by atoms with Gasteiger partial charge in [0.15, 0.2) is 0 Å². The highest BCUT2D eigenvalue weighted by molar-refractivity contribution is 5.76. The van der Waals surface area contributed by atoms with Crippen molar-refractivity contribution in [3.8, 4) is 11.5 Å². The first kappa shape index (κ1) is 18.1. The van der Waals surface area contributed by atoms with Gasteiger partial charge in [0.05, 0.1) is 18.1 Å². The van der Waals surface area contributed by atoms with E-state index in [1.54, 1.807) is 7.11 Å². The summed E-state index contributed by atoms with van der Waals surface area (Å²) < 4.78 is 13.6. The van der Waals surface area contributed by atoms with Crippen LogP contribution in [0.4, 0.5) is 0 Å². The van der Waals surface area contributed by atoms with Crippen molar-refractivity contribution >= 4 is 11.0 Å². The van der Waals surface area contributed by atoms with Crippen LogP contribution < -0.4 is 9.47 Å². The zero-order valence-corrected chi connectivity index (χ0v) is 16.5. The first-order chi connectivity index (χ1) is 13.6. The van der Waals surface area contributed by atoms with Crippen LogP contribution in [0.5, 0.6) is 11.5 Å². The van der Waals surface area contributed by atoms with Gasteiger partial charge in [0.25, 0.3) is 0 Å². The van der Waals surface area contributed by atoms with E-state index in [2.05, 4.69) is 54.8 Å². The molecule has 0 aliphatic carbocycles. The molecule has 3 aromatic carbocycles. The fourth-order valence-corrected chi connectivity index (χ4v) is 3.33. The predicted molar refractivity (Wildman–Crippen MR) is 112 cm³/mol. The van der Waals surface area contributed by atoms with Crippen molar-refractivity contribution in [1.29, 1.82) is 0 Å². The third-order valence-electron chi connectivity index (χ3n) is 4.93. The van der Waals surface area contributed by atoms with E-state index in [4.69, 9.17) is 14.5 Å². The number of ether oxygens (including phenoxy) is 2. The molecule has 0 aliphatic rings. The Hall–Kier alpha value is -3.27. The lowest BCUT2D eigenvalue weighted by Crippen LogP contribution is -2.09. The Bertz CT molecular complexity index is 1100. The van der Waals surface area contributed by atoms with Crippen molar-refractivity contribution in [3.05, 3.63) is 89.2 Å². The number of rotatable bonds is 6. The molecule has 0 atom stereocenters. The maximum Gasteiger partial charge on any atom is 0.148 e. The maximum absolute atomic E-state index is 6.14. The van der Waals surface area contributed by atoms with Gasteiger partial charge in [0, 0.05) is 6.54 Å². The molecule has 0 spiro atoms. The van der Waals surface area contributed by atoms with Crippen LogP contribution in [0, 0.1) is 13.8 Å². The van der Waals surface area contributed by atoms with Crippen LogP contribution in [-0.4, -0.2) is 16.7 Å². The molecule has 0 N–H and O–H groups in total. The zero-order chi connectivity index (χ0) is 19.5. The van der Waals surface area contributed by atoms with E-state index in [0.717, 1.165) is 40.5 Å². The van der Waals surface area contributed by atoms with E-state index in [1.165, 1.54) is 11.1 Å². The van der Waals surface area contributed by atoms with Crippen LogP contribution in [-0.2, 0) is 13.2 Å². The smallest absolute Gasteiger partial charge is 0.148 e. The molecule has 0 fully saturated rings. The van der Waals surface area contributed by atoms with Gasteiger partial charge in [-0.25, -0.2) is 4.98 Å². The largest absolute Gasteiger partial charge is 0.497 e. The second-order valence-corrected chi connectivity index (χ2v) is 7.01. The van der Waals surface area contributed by atoms with Gasteiger partial charge in [-0.3, -0.25) is 0 Å². The fourth-order valence-electron chi connectivity index (χ4n) is 3.33. The minimum atomic E-state index is 0.426. The molecule has 28 heavy (non-hydrogen) atoms. The number of para-hydroxylation sites is 2. The van der Waals surface area contributed by atoms with E-state index >= 15 is 0 Å². The highest BCUT2D eigenvalue weighted by Crippen LogP contribution is 2.23. The topological polar surface area (TPSA) is 36.3 Å².